The molecular weight excluding hydrogens is 416 g/mol. The second-order valence-electron chi connectivity index (χ2n) is 8.08. The number of nitrogens with one attached hydrogen (secondary N) is 2. The van der Waals surface area contributed by atoms with Gasteiger partial charge < -0.3 is 10.6 Å². The number of nitrogens with zero attached hydrogens (tertiary/aromatic N) is 2. The van der Waals surface area contributed by atoms with Crippen LogP contribution in [0.5, 0.6) is 0 Å². The molecule has 0 saturated heterocycles. The Morgan fingerprint density at radius 1 is 0.500 bits per heavy atom. The van der Waals surface area contributed by atoms with Gasteiger partial charge in [-0.1, -0.05) is 68.5 Å². The van der Waals surface area contributed by atoms with Crippen LogP contribution in [0.25, 0.3) is 21.8 Å². The molecule has 0 spiro atoms. The number of hydrogen-bond acceptors (Lipinski definition) is 4. The number of halogens is 1. The molecule has 0 atom stereocenters. The van der Waals surface area contributed by atoms with Gasteiger partial charge in [0.2, 0.25) is 0 Å². The molecule has 0 saturated carbocycles. The Bertz CT molecular complexity index is 1000. The number of aromatic nitrogens is 2. The highest BCUT2D eigenvalue weighted by Gasteiger charge is 2.01. The molecule has 4 nitrogen and oxygen atoms in total. The minimum absolute atomic E-state index is 0. The Balaban J connectivity index is 0.00000289. The summed E-state index contributed by atoms with van der Waals surface area (Å²) in [6.45, 7) is 2.05. The first kappa shape index (κ1) is 23.8. The predicted octanol–water partition coefficient (Wildman–Crippen LogP) is 7.46. The van der Waals surface area contributed by atoms with Crippen LogP contribution in [0.1, 0.15) is 44.9 Å². The first-order valence-corrected chi connectivity index (χ1v) is 11.6. The molecular formula is C27H33ClN4. The number of benzene rings is 2. The molecule has 4 rings (SSSR count). The molecule has 0 bridgehead atoms. The number of anilines is 2. The molecule has 0 aliphatic heterocycles. The summed E-state index contributed by atoms with van der Waals surface area (Å²) in [5.41, 5.74) is 4.50. The van der Waals surface area contributed by atoms with E-state index in [9.17, 15) is 0 Å². The highest BCUT2D eigenvalue weighted by atomic mass is 35.5. The van der Waals surface area contributed by atoms with E-state index in [0.29, 0.717) is 0 Å². The van der Waals surface area contributed by atoms with Crippen molar-refractivity contribution in [1.82, 2.24) is 9.97 Å². The van der Waals surface area contributed by atoms with Gasteiger partial charge in [0.15, 0.2) is 0 Å². The molecule has 5 heteroatoms. The third-order valence-electron chi connectivity index (χ3n) is 5.78. The minimum Gasteiger partial charge on any atom is -0.384 e. The molecule has 2 aromatic heterocycles. The molecule has 0 fully saturated rings. The van der Waals surface area contributed by atoms with E-state index in [1.807, 2.05) is 24.5 Å². The van der Waals surface area contributed by atoms with E-state index in [4.69, 9.17) is 0 Å². The zero-order chi connectivity index (χ0) is 21.1. The Hall–Kier alpha value is -2.85. The number of hydrogen-bond donors (Lipinski definition) is 2. The lowest BCUT2D eigenvalue weighted by atomic mass is 10.1. The SMILES string of the molecule is Cl.c1ccc2c(NCCCCCCCCCNc3ccnc4ccccc34)ccnc2c1. The predicted molar refractivity (Wildman–Crippen MR) is 140 cm³/mol. The standard InChI is InChI=1S/C27H32N4.ClH/c1(2-4-10-18-28-26-16-20-30-24-14-8-6-12-22(24)26)3-5-11-19-29-27-17-21-31-25-15-9-7-13-23(25)27;/h6-9,12-17,20-21H,1-5,10-11,18-19H2,(H,28,30)(H,29,31);1H. The third-order valence-corrected chi connectivity index (χ3v) is 5.78. The fourth-order valence-corrected chi connectivity index (χ4v) is 4.08. The zero-order valence-electron chi connectivity index (χ0n) is 18.6. The second kappa shape index (κ2) is 12.9. The van der Waals surface area contributed by atoms with Crippen molar-refractivity contribution in [3.05, 3.63) is 73.1 Å². The van der Waals surface area contributed by atoms with Crippen LogP contribution in [0.15, 0.2) is 73.1 Å². The molecule has 4 aromatic rings. The Labute approximate surface area is 197 Å². The minimum atomic E-state index is 0. The highest BCUT2D eigenvalue weighted by Crippen LogP contribution is 2.22. The summed E-state index contributed by atoms with van der Waals surface area (Å²) in [4.78, 5) is 8.85. The van der Waals surface area contributed by atoms with Crippen LogP contribution in [0.2, 0.25) is 0 Å². The van der Waals surface area contributed by atoms with Crippen LogP contribution in [-0.4, -0.2) is 23.1 Å². The number of para-hydroxylation sites is 2. The zero-order valence-corrected chi connectivity index (χ0v) is 19.4. The summed E-state index contributed by atoms with van der Waals surface area (Å²) in [5, 5.41) is 9.58. The van der Waals surface area contributed by atoms with Crippen LogP contribution in [0, 0.1) is 0 Å². The molecule has 0 aliphatic carbocycles. The summed E-state index contributed by atoms with van der Waals surface area (Å²) in [5.74, 6) is 0. The Kier molecular flexibility index (Phi) is 9.58. The van der Waals surface area contributed by atoms with Gasteiger partial charge in [-0.05, 0) is 37.1 Å². The maximum Gasteiger partial charge on any atom is 0.0722 e. The van der Waals surface area contributed by atoms with E-state index < -0.39 is 0 Å². The molecule has 2 heterocycles. The topological polar surface area (TPSA) is 49.8 Å². The van der Waals surface area contributed by atoms with Crippen molar-refractivity contribution in [3.8, 4) is 0 Å². The summed E-state index contributed by atoms with van der Waals surface area (Å²) >= 11 is 0. The fourth-order valence-electron chi connectivity index (χ4n) is 4.08. The van der Waals surface area contributed by atoms with E-state index in [0.717, 1.165) is 24.1 Å². The lowest BCUT2D eigenvalue weighted by Gasteiger charge is -2.10. The molecule has 0 radical (unpaired) electrons. The van der Waals surface area contributed by atoms with Crippen molar-refractivity contribution < 1.29 is 0 Å². The van der Waals surface area contributed by atoms with Gasteiger partial charge in [0.05, 0.1) is 11.0 Å². The van der Waals surface area contributed by atoms with Crippen LogP contribution in [0.3, 0.4) is 0 Å². The maximum absolute atomic E-state index is 4.42. The Morgan fingerprint density at radius 3 is 1.38 bits per heavy atom. The normalized spacial score (nSPS) is 10.8. The molecule has 0 aliphatic rings. The van der Waals surface area contributed by atoms with Crippen molar-refractivity contribution in [2.24, 2.45) is 0 Å². The van der Waals surface area contributed by atoms with Gasteiger partial charge in [0.25, 0.3) is 0 Å². The summed E-state index contributed by atoms with van der Waals surface area (Å²) in [7, 11) is 0. The van der Waals surface area contributed by atoms with Crippen molar-refractivity contribution in [2.45, 2.75) is 44.9 Å². The highest BCUT2D eigenvalue weighted by molar-refractivity contribution is 5.91. The van der Waals surface area contributed by atoms with Crippen molar-refractivity contribution in [2.75, 3.05) is 23.7 Å². The van der Waals surface area contributed by atoms with Gasteiger partial charge in [0.1, 0.15) is 0 Å². The molecule has 32 heavy (non-hydrogen) atoms. The summed E-state index contributed by atoms with van der Waals surface area (Å²) in [6, 6.07) is 20.8. The van der Waals surface area contributed by atoms with E-state index in [1.54, 1.807) is 0 Å². The first-order valence-electron chi connectivity index (χ1n) is 11.6. The molecule has 0 amide bonds. The molecule has 0 unspecified atom stereocenters. The van der Waals surface area contributed by atoms with E-state index in [1.165, 1.54) is 67.1 Å². The largest absolute Gasteiger partial charge is 0.384 e. The quantitative estimate of drug-likeness (QED) is 0.221. The molecule has 2 aromatic carbocycles. The van der Waals surface area contributed by atoms with E-state index in [-0.39, 0.29) is 12.4 Å². The van der Waals surface area contributed by atoms with Gasteiger partial charge in [0, 0.05) is 47.6 Å². The summed E-state index contributed by atoms with van der Waals surface area (Å²) in [6.07, 6.45) is 12.8. The van der Waals surface area contributed by atoms with Gasteiger partial charge in [-0.3, -0.25) is 9.97 Å². The molecule has 168 valence electrons. The van der Waals surface area contributed by atoms with Crippen LogP contribution < -0.4 is 10.6 Å². The van der Waals surface area contributed by atoms with Crippen molar-refractivity contribution in [1.29, 1.82) is 0 Å². The van der Waals surface area contributed by atoms with E-state index in [2.05, 4.69) is 69.1 Å². The van der Waals surface area contributed by atoms with Gasteiger partial charge in [-0.25, -0.2) is 0 Å². The lowest BCUT2D eigenvalue weighted by Crippen LogP contribution is -2.03. The fraction of sp³-hybridized carbons (Fsp3) is 0.333. The maximum atomic E-state index is 4.42. The number of unbranched alkanes of at least 4 members (excludes halogenated alkanes) is 6. The van der Waals surface area contributed by atoms with Crippen LogP contribution in [0.4, 0.5) is 11.4 Å². The van der Waals surface area contributed by atoms with E-state index >= 15 is 0 Å². The number of pyridine rings is 2. The van der Waals surface area contributed by atoms with Crippen molar-refractivity contribution >= 4 is 45.6 Å². The average Bonchev–Trinajstić information content (AvgIpc) is 2.82. The summed E-state index contributed by atoms with van der Waals surface area (Å²) < 4.78 is 0. The lowest BCUT2D eigenvalue weighted by molar-refractivity contribution is 0.591. The second-order valence-corrected chi connectivity index (χ2v) is 8.08. The first-order chi connectivity index (χ1) is 15.4. The monoisotopic (exact) mass is 448 g/mol. The van der Waals surface area contributed by atoms with Crippen LogP contribution >= 0.6 is 12.4 Å². The Morgan fingerprint density at radius 2 is 0.906 bits per heavy atom. The number of rotatable bonds is 12. The third kappa shape index (κ3) is 6.57. The van der Waals surface area contributed by atoms with Gasteiger partial charge in [-0.15, -0.1) is 12.4 Å². The smallest absolute Gasteiger partial charge is 0.0722 e. The van der Waals surface area contributed by atoms with Crippen molar-refractivity contribution in [3.63, 3.8) is 0 Å². The number of fused-ring (bicyclic) bond motifs is 2. The van der Waals surface area contributed by atoms with Crippen LogP contribution in [-0.2, 0) is 0 Å². The average molecular weight is 449 g/mol. The molecule has 2 N–H and O–H groups in total. The van der Waals surface area contributed by atoms with Gasteiger partial charge >= 0.3 is 0 Å². The van der Waals surface area contributed by atoms with Gasteiger partial charge in [-0.2, -0.15) is 0 Å².